The van der Waals surface area contributed by atoms with Gasteiger partial charge >= 0.3 is 0 Å². The van der Waals surface area contributed by atoms with Crippen LogP contribution in [0.3, 0.4) is 0 Å². The zero-order valence-corrected chi connectivity index (χ0v) is 12.5. The first-order valence-electron chi connectivity index (χ1n) is 7.23. The van der Waals surface area contributed by atoms with Gasteiger partial charge in [-0.1, -0.05) is 12.1 Å². The van der Waals surface area contributed by atoms with Crippen molar-refractivity contribution in [1.29, 1.82) is 0 Å². The molecule has 1 amide bonds. The number of likely N-dealkylation sites (tertiary alicyclic amines) is 1. The van der Waals surface area contributed by atoms with Crippen molar-refractivity contribution in [3.05, 3.63) is 35.6 Å². The quantitative estimate of drug-likeness (QED) is 0.838. The van der Waals surface area contributed by atoms with Crippen LogP contribution in [0.1, 0.15) is 30.9 Å². The molecule has 1 aromatic carbocycles. The number of benzene rings is 1. The number of halogens is 1. The van der Waals surface area contributed by atoms with E-state index in [1.165, 1.54) is 12.1 Å². The van der Waals surface area contributed by atoms with Crippen LogP contribution in [-0.4, -0.2) is 37.3 Å². The van der Waals surface area contributed by atoms with Crippen LogP contribution in [-0.2, 0) is 14.6 Å². The Labute approximate surface area is 123 Å². The highest BCUT2D eigenvalue weighted by Crippen LogP contribution is 2.34. The van der Waals surface area contributed by atoms with Crippen LogP contribution in [0.4, 0.5) is 4.39 Å². The molecule has 0 saturated carbocycles. The predicted molar refractivity (Wildman–Crippen MR) is 76.8 cm³/mol. The molecule has 2 heterocycles. The van der Waals surface area contributed by atoms with Gasteiger partial charge in [0.1, 0.15) is 5.82 Å². The maximum Gasteiger partial charge on any atom is 0.227 e. The normalized spacial score (nSPS) is 28.0. The van der Waals surface area contributed by atoms with Crippen molar-refractivity contribution in [2.24, 2.45) is 5.92 Å². The molecule has 21 heavy (non-hydrogen) atoms. The third-order valence-electron chi connectivity index (χ3n) is 4.35. The van der Waals surface area contributed by atoms with Crippen molar-refractivity contribution in [1.82, 2.24) is 4.90 Å². The van der Waals surface area contributed by atoms with Gasteiger partial charge in [0.05, 0.1) is 23.5 Å². The number of amides is 1. The number of rotatable bonds is 2. The van der Waals surface area contributed by atoms with Crippen molar-refractivity contribution in [2.45, 2.75) is 25.3 Å². The maximum absolute atomic E-state index is 13.4. The van der Waals surface area contributed by atoms with E-state index in [9.17, 15) is 17.6 Å². The molecule has 1 aromatic rings. The largest absolute Gasteiger partial charge is 0.335 e. The monoisotopic (exact) mass is 311 g/mol. The summed E-state index contributed by atoms with van der Waals surface area (Å²) in [6, 6.07) is 6.18. The molecule has 6 heteroatoms. The molecule has 2 fully saturated rings. The number of nitrogens with zero attached hydrogens (tertiary/aromatic N) is 1. The zero-order valence-electron chi connectivity index (χ0n) is 11.7. The highest BCUT2D eigenvalue weighted by molar-refractivity contribution is 7.91. The molecule has 0 aromatic heterocycles. The van der Waals surface area contributed by atoms with Crippen molar-refractivity contribution < 1.29 is 17.6 Å². The second-order valence-electron chi connectivity index (χ2n) is 5.84. The van der Waals surface area contributed by atoms with Gasteiger partial charge in [0.2, 0.25) is 5.91 Å². The van der Waals surface area contributed by atoms with Crippen LogP contribution in [0.25, 0.3) is 0 Å². The summed E-state index contributed by atoms with van der Waals surface area (Å²) < 4.78 is 36.4. The summed E-state index contributed by atoms with van der Waals surface area (Å²) in [5, 5.41) is 0. The van der Waals surface area contributed by atoms with E-state index < -0.39 is 15.8 Å². The molecular formula is C15H18FNO3S. The Morgan fingerprint density at radius 2 is 2.10 bits per heavy atom. The molecule has 2 aliphatic rings. The summed E-state index contributed by atoms with van der Waals surface area (Å²) in [7, 11) is -3.07. The first-order valence-corrected chi connectivity index (χ1v) is 9.05. The van der Waals surface area contributed by atoms with Gasteiger partial charge in [-0.05, 0) is 37.0 Å². The summed E-state index contributed by atoms with van der Waals surface area (Å²) in [4.78, 5) is 14.3. The Morgan fingerprint density at radius 3 is 2.76 bits per heavy atom. The number of hydrogen-bond donors (Lipinski definition) is 0. The third-order valence-corrected chi connectivity index (χ3v) is 6.12. The summed E-state index contributed by atoms with van der Waals surface area (Å²) in [6.07, 6.45) is 2.08. The number of hydrogen-bond acceptors (Lipinski definition) is 3. The average Bonchev–Trinajstić information content (AvgIpc) is 3.04. The fourth-order valence-electron chi connectivity index (χ4n) is 3.32. The van der Waals surface area contributed by atoms with Gasteiger partial charge in [0.25, 0.3) is 0 Å². The lowest BCUT2D eigenvalue weighted by molar-refractivity contribution is -0.135. The Hall–Kier alpha value is -1.43. The van der Waals surface area contributed by atoms with E-state index in [0.717, 1.165) is 18.4 Å². The number of carbonyl (C=O) groups is 1. The van der Waals surface area contributed by atoms with Crippen LogP contribution in [0.15, 0.2) is 24.3 Å². The van der Waals surface area contributed by atoms with Gasteiger partial charge in [0.15, 0.2) is 9.84 Å². The first-order chi connectivity index (χ1) is 9.96. The Morgan fingerprint density at radius 1 is 1.29 bits per heavy atom. The van der Waals surface area contributed by atoms with Crippen molar-refractivity contribution in [2.75, 3.05) is 18.1 Å². The lowest BCUT2D eigenvalue weighted by Gasteiger charge is -2.27. The van der Waals surface area contributed by atoms with Crippen molar-refractivity contribution in [3.63, 3.8) is 0 Å². The molecular weight excluding hydrogens is 293 g/mol. The van der Waals surface area contributed by atoms with Gasteiger partial charge in [-0.25, -0.2) is 12.8 Å². The zero-order chi connectivity index (χ0) is 15.0. The molecule has 0 N–H and O–H groups in total. The molecule has 3 rings (SSSR count). The second-order valence-corrected chi connectivity index (χ2v) is 8.07. The first kappa shape index (κ1) is 14.5. The average molecular weight is 311 g/mol. The Balaban J connectivity index is 1.80. The van der Waals surface area contributed by atoms with Crippen molar-refractivity contribution >= 4 is 15.7 Å². The standard InChI is InChI=1S/C15H18FNO3S/c16-13-4-1-3-11(9-13)14-5-2-7-17(14)15(18)12-6-8-21(19,20)10-12/h1,3-4,9,12,14H,2,5-8,10H2/t12-,14+/m1/s1. The third kappa shape index (κ3) is 2.95. The van der Waals surface area contributed by atoms with E-state index in [1.807, 2.05) is 6.07 Å². The highest BCUT2D eigenvalue weighted by atomic mass is 32.2. The molecule has 0 unspecified atom stereocenters. The summed E-state index contributed by atoms with van der Waals surface area (Å²) in [6.45, 7) is 0.622. The van der Waals surface area contributed by atoms with Crippen molar-refractivity contribution in [3.8, 4) is 0 Å². The molecule has 2 aliphatic heterocycles. The summed E-state index contributed by atoms with van der Waals surface area (Å²) >= 11 is 0. The Bertz CT molecular complexity index is 659. The number of carbonyl (C=O) groups excluding carboxylic acids is 1. The van der Waals surface area contributed by atoms with Gasteiger partial charge in [-0.3, -0.25) is 4.79 Å². The van der Waals surface area contributed by atoms with Crippen LogP contribution in [0.5, 0.6) is 0 Å². The maximum atomic E-state index is 13.4. The SMILES string of the molecule is O=C([C@@H]1CCS(=O)(=O)C1)N1CCC[C@H]1c1cccc(F)c1. The minimum absolute atomic E-state index is 0.0434. The van der Waals surface area contributed by atoms with E-state index >= 15 is 0 Å². The fraction of sp³-hybridized carbons (Fsp3) is 0.533. The van der Waals surface area contributed by atoms with E-state index in [4.69, 9.17) is 0 Å². The molecule has 0 aliphatic carbocycles. The highest BCUT2D eigenvalue weighted by Gasteiger charge is 2.39. The van der Waals surface area contributed by atoms with Gasteiger partial charge < -0.3 is 4.90 Å². The minimum atomic E-state index is -3.07. The lowest BCUT2D eigenvalue weighted by atomic mass is 10.0. The van der Waals surface area contributed by atoms with Gasteiger partial charge in [0, 0.05) is 6.54 Å². The van der Waals surface area contributed by atoms with Crippen LogP contribution < -0.4 is 0 Å². The predicted octanol–water partition coefficient (Wildman–Crippen LogP) is 1.92. The summed E-state index contributed by atoms with van der Waals surface area (Å²) in [5.41, 5.74) is 0.793. The molecule has 4 nitrogen and oxygen atoms in total. The van der Waals surface area contributed by atoms with Gasteiger partial charge in [-0.2, -0.15) is 0 Å². The van der Waals surface area contributed by atoms with E-state index in [2.05, 4.69) is 0 Å². The molecule has 0 radical (unpaired) electrons. The van der Waals surface area contributed by atoms with E-state index in [1.54, 1.807) is 11.0 Å². The minimum Gasteiger partial charge on any atom is -0.335 e. The topological polar surface area (TPSA) is 54.5 Å². The molecule has 0 spiro atoms. The van der Waals surface area contributed by atoms with E-state index in [-0.39, 0.29) is 29.3 Å². The summed E-state index contributed by atoms with van der Waals surface area (Å²) in [5.74, 6) is -0.776. The molecule has 2 atom stereocenters. The lowest BCUT2D eigenvalue weighted by Crippen LogP contribution is -2.36. The van der Waals surface area contributed by atoms with Gasteiger partial charge in [-0.15, -0.1) is 0 Å². The van der Waals surface area contributed by atoms with Crippen LogP contribution >= 0.6 is 0 Å². The van der Waals surface area contributed by atoms with Crippen LogP contribution in [0.2, 0.25) is 0 Å². The smallest absolute Gasteiger partial charge is 0.227 e. The van der Waals surface area contributed by atoms with E-state index in [0.29, 0.717) is 13.0 Å². The second kappa shape index (κ2) is 5.40. The molecule has 114 valence electrons. The van der Waals surface area contributed by atoms with Crippen LogP contribution in [0, 0.1) is 11.7 Å². The molecule has 0 bridgehead atoms. The number of sulfone groups is 1. The fourth-order valence-corrected chi connectivity index (χ4v) is 5.05. The Kier molecular flexibility index (Phi) is 3.73. The molecule has 2 saturated heterocycles.